The van der Waals surface area contributed by atoms with Gasteiger partial charge in [0.15, 0.2) is 6.73 Å². The lowest BCUT2D eigenvalue weighted by molar-refractivity contribution is -0.767. The third-order valence-corrected chi connectivity index (χ3v) is 7.00. The van der Waals surface area contributed by atoms with Crippen LogP contribution in [0.1, 0.15) is 45.5 Å². The highest BCUT2D eigenvalue weighted by molar-refractivity contribution is 5.98. The number of benzene rings is 2. The Labute approximate surface area is 199 Å². The van der Waals surface area contributed by atoms with Crippen molar-refractivity contribution in [2.24, 2.45) is 0 Å². The minimum Gasteiger partial charge on any atom is -0.624 e. The maximum absolute atomic E-state index is 12.9. The molecule has 0 aromatic heterocycles. The maximum atomic E-state index is 12.9. The Morgan fingerprint density at radius 3 is 2.44 bits per heavy atom. The Hall–Kier alpha value is -3.26. The van der Waals surface area contributed by atoms with E-state index in [-0.39, 0.29) is 19.8 Å². The molecule has 2 saturated heterocycles. The third-order valence-electron chi connectivity index (χ3n) is 7.00. The summed E-state index contributed by atoms with van der Waals surface area (Å²) in [4.78, 5) is 28.7. The van der Waals surface area contributed by atoms with E-state index in [1.54, 1.807) is 6.07 Å². The largest absolute Gasteiger partial charge is 0.624 e. The molecule has 0 N–H and O–H groups in total. The lowest BCUT2D eigenvalue weighted by Gasteiger charge is -2.29. The van der Waals surface area contributed by atoms with E-state index < -0.39 is 16.6 Å². The number of amides is 2. The van der Waals surface area contributed by atoms with E-state index in [2.05, 4.69) is 42.3 Å². The van der Waals surface area contributed by atoms with Gasteiger partial charge >= 0.3 is 12.0 Å². The Kier molecular flexibility index (Phi) is 5.85. The van der Waals surface area contributed by atoms with Crippen LogP contribution in [0.25, 0.3) is 17.7 Å². The topological polar surface area (TPSA) is 72.9 Å². The lowest BCUT2D eigenvalue weighted by atomic mass is 9.85. The molecule has 34 heavy (non-hydrogen) atoms. The number of carbonyl (C=O) groups excluding carboxylic acids is 2. The highest BCUT2D eigenvalue weighted by Gasteiger charge is 2.37. The van der Waals surface area contributed by atoms with Crippen LogP contribution in [0.5, 0.6) is 0 Å². The quantitative estimate of drug-likeness (QED) is 0.334. The average molecular weight is 460 g/mol. The van der Waals surface area contributed by atoms with Crippen molar-refractivity contribution < 1.29 is 19.0 Å². The summed E-state index contributed by atoms with van der Waals surface area (Å²) in [6.45, 7) is 2.24. The van der Waals surface area contributed by atoms with Gasteiger partial charge in [0.2, 0.25) is 0 Å². The van der Waals surface area contributed by atoms with Crippen molar-refractivity contribution in [3.05, 3.63) is 81.1 Å². The minimum absolute atomic E-state index is 0.160. The molecule has 2 heterocycles. The van der Waals surface area contributed by atoms with Gasteiger partial charge in [0.05, 0.1) is 19.2 Å². The summed E-state index contributed by atoms with van der Waals surface area (Å²) in [7, 11) is 3.46. The first-order valence-corrected chi connectivity index (χ1v) is 11.7. The van der Waals surface area contributed by atoms with Gasteiger partial charge in [-0.15, -0.1) is 0 Å². The number of ether oxygens (including phenoxy) is 1. The molecule has 0 spiro atoms. The van der Waals surface area contributed by atoms with Gasteiger partial charge in [0, 0.05) is 13.1 Å². The van der Waals surface area contributed by atoms with Crippen LogP contribution < -0.4 is 0 Å². The molecule has 1 aliphatic carbocycles. The first-order valence-electron chi connectivity index (χ1n) is 11.7. The molecule has 7 nitrogen and oxygen atoms in total. The first-order chi connectivity index (χ1) is 16.3. The molecule has 2 aromatic rings. The second kappa shape index (κ2) is 8.83. The summed E-state index contributed by atoms with van der Waals surface area (Å²) >= 11 is 0. The molecule has 2 aromatic carbocycles. The number of hydroxylamine groups is 3. The predicted molar refractivity (Wildman–Crippen MR) is 131 cm³/mol. The summed E-state index contributed by atoms with van der Waals surface area (Å²) in [6, 6.07) is 13.4. The number of piperidine rings is 1. The number of esters is 1. The van der Waals surface area contributed by atoms with Crippen LogP contribution in [-0.4, -0.2) is 73.5 Å². The number of urea groups is 1. The van der Waals surface area contributed by atoms with Crippen LogP contribution in [0.2, 0.25) is 0 Å². The van der Waals surface area contributed by atoms with Gasteiger partial charge in [0.25, 0.3) is 0 Å². The highest BCUT2D eigenvalue weighted by Crippen LogP contribution is 2.39. The fraction of sp³-hybridized carbons (Fsp3) is 0.333. The van der Waals surface area contributed by atoms with Crippen LogP contribution in [0.4, 0.5) is 4.79 Å². The van der Waals surface area contributed by atoms with E-state index in [0.29, 0.717) is 5.56 Å². The van der Waals surface area contributed by atoms with Crippen molar-refractivity contribution >= 4 is 29.7 Å². The molecular weight excluding hydrogens is 430 g/mol. The van der Waals surface area contributed by atoms with Crippen LogP contribution in [-0.2, 0) is 4.74 Å². The van der Waals surface area contributed by atoms with Gasteiger partial charge in [-0.3, -0.25) is 9.55 Å². The number of hydrogen-bond acceptors (Lipinski definition) is 5. The summed E-state index contributed by atoms with van der Waals surface area (Å²) in [5.74, 6) is -0.503. The molecule has 5 rings (SSSR count). The van der Waals surface area contributed by atoms with Gasteiger partial charge < -0.3 is 14.8 Å². The molecule has 1 atom stereocenters. The van der Waals surface area contributed by atoms with E-state index in [1.165, 1.54) is 28.7 Å². The smallest absolute Gasteiger partial charge is 0.421 e. The molecular formula is C27H29N3O4. The Bertz CT molecular complexity index is 1200. The SMILES string of the molecule is CN1CCC(=C2c3ccccc3C=Cc3ccc(C(=O)OCN4CC[N+](C)([O-])C4=O)cc32)CC1. The fourth-order valence-electron chi connectivity index (χ4n) is 4.90. The lowest BCUT2D eigenvalue weighted by Crippen LogP contribution is -2.42. The number of likely N-dealkylation sites (tertiary alicyclic amines) is 1. The fourth-order valence-corrected chi connectivity index (χ4v) is 4.90. The number of carbonyl (C=O) groups is 2. The summed E-state index contributed by atoms with van der Waals surface area (Å²) in [5, 5.41) is 12.1. The highest BCUT2D eigenvalue weighted by atomic mass is 16.6. The Morgan fingerprint density at radius 1 is 1.03 bits per heavy atom. The summed E-state index contributed by atoms with van der Waals surface area (Å²) in [5.41, 5.74) is 7.46. The average Bonchev–Trinajstić information content (AvgIpc) is 3.00. The van der Waals surface area contributed by atoms with E-state index >= 15 is 0 Å². The van der Waals surface area contributed by atoms with E-state index in [1.807, 2.05) is 18.2 Å². The molecule has 0 bridgehead atoms. The van der Waals surface area contributed by atoms with Crippen LogP contribution in [0.3, 0.4) is 0 Å². The number of rotatable bonds is 3. The van der Waals surface area contributed by atoms with Crippen molar-refractivity contribution in [2.45, 2.75) is 12.8 Å². The van der Waals surface area contributed by atoms with Crippen molar-refractivity contribution in [3.8, 4) is 0 Å². The molecule has 2 aliphatic heterocycles. The first kappa shape index (κ1) is 22.5. The zero-order valence-corrected chi connectivity index (χ0v) is 19.6. The number of likely N-dealkylation sites (N-methyl/N-ethyl adjacent to an activating group) is 1. The zero-order valence-electron chi connectivity index (χ0n) is 19.6. The van der Waals surface area contributed by atoms with E-state index in [4.69, 9.17) is 4.74 Å². The summed E-state index contributed by atoms with van der Waals surface area (Å²) < 4.78 is 4.47. The van der Waals surface area contributed by atoms with E-state index in [9.17, 15) is 14.8 Å². The zero-order chi connectivity index (χ0) is 23.9. The molecule has 2 fully saturated rings. The Balaban J connectivity index is 1.47. The van der Waals surface area contributed by atoms with E-state index in [0.717, 1.165) is 42.6 Å². The predicted octanol–water partition coefficient (Wildman–Crippen LogP) is 4.19. The van der Waals surface area contributed by atoms with Gasteiger partial charge in [0.1, 0.15) is 6.54 Å². The standard InChI is InChI=1S/C27H29N3O4/c1-28-13-11-21(12-14-28)25-23-6-4-3-5-19(23)7-8-20-9-10-22(17-24(20)25)26(31)34-18-29-15-16-30(2,33)27(29)32/h3-10,17H,11-16,18H2,1-2H3. The van der Waals surface area contributed by atoms with Crippen molar-refractivity contribution in [2.75, 3.05) is 47.0 Å². The van der Waals surface area contributed by atoms with Crippen LogP contribution in [0, 0.1) is 5.21 Å². The van der Waals surface area contributed by atoms with Crippen LogP contribution in [0.15, 0.2) is 48.0 Å². The number of nitrogens with zero attached hydrogens (tertiary/aromatic N) is 3. The molecule has 176 valence electrons. The van der Waals surface area contributed by atoms with Crippen molar-refractivity contribution in [1.29, 1.82) is 0 Å². The Morgan fingerprint density at radius 2 is 1.74 bits per heavy atom. The van der Waals surface area contributed by atoms with Gasteiger partial charge in [-0.25, -0.2) is 9.59 Å². The molecule has 7 heteroatoms. The van der Waals surface area contributed by atoms with Crippen LogP contribution >= 0.6 is 0 Å². The second-order valence-electron chi connectivity index (χ2n) is 9.44. The molecule has 0 radical (unpaired) electrons. The molecule has 2 amide bonds. The number of hydrogen-bond donors (Lipinski definition) is 0. The normalized spacial score (nSPS) is 22.4. The van der Waals surface area contributed by atoms with Gasteiger partial charge in [-0.2, -0.15) is 0 Å². The number of quaternary nitrogens is 1. The summed E-state index contributed by atoms with van der Waals surface area (Å²) in [6.07, 6.45) is 6.20. The van der Waals surface area contributed by atoms with Gasteiger partial charge in [-0.1, -0.05) is 48.1 Å². The van der Waals surface area contributed by atoms with Crippen molar-refractivity contribution in [3.63, 3.8) is 0 Å². The molecule has 0 saturated carbocycles. The maximum Gasteiger partial charge on any atom is 0.421 e. The number of fused-ring (bicyclic) bond motifs is 2. The van der Waals surface area contributed by atoms with Crippen molar-refractivity contribution in [1.82, 2.24) is 9.80 Å². The second-order valence-corrected chi connectivity index (χ2v) is 9.44. The monoisotopic (exact) mass is 459 g/mol. The third kappa shape index (κ3) is 4.18. The molecule has 1 unspecified atom stereocenters. The van der Waals surface area contributed by atoms with Gasteiger partial charge in [-0.05, 0) is 59.8 Å². The minimum atomic E-state index is -0.964. The molecule has 3 aliphatic rings.